The van der Waals surface area contributed by atoms with Crippen molar-refractivity contribution < 1.29 is 4.79 Å². The molecule has 0 saturated carbocycles. The van der Waals surface area contributed by atoms with Gasteiger partial charge in [-0.1, -0.05) is 17.3 Å². The molecular weight excluding hydrogens is 328 g/mol. The zero-order valence-corrected chi connectivity index (χ0v) is 15.0. The maximum atomic E-state index is 12.9. The first-order valence-corrected chi connectivity index (χ1v) is 8.91. The summed E-state index contributed by atoms with van der Waals surface area (Å²) in [5.41, 5.74) is 2.09. The number of amides is 1. The first kappa shape index (κ1) is 16.7. The van der Waals surface area contributed by atoms with Crippen molar-refractivity contribution in [3.8, 4) is 5.69 Å². The average molecular weight is 350 g/mol. The van der Waals surface area contributed by atoms with Gasteiger partial charge in [0.05, 0.1) is 11.4 Å². The Kier molecular flexibility index (Phi) is 4.38. The van der Waals surface area contributed by atoms with Gasteiger partial charge in [-0.05, 0) is 38.9 Å². The van der Waals surface area contributed by atoms with Crippen LogP contribution in [0.2, 0.25) is 0 Å². The van der Waals surface area contributed by atoms with Crippen LogP contribution in [0.4, 0.5) is 0 Å². The number of nitrogens with one attached hydrogen (secondary N) is 1. The van der Waals surface area contributed by atoms with Crippen LogP contribution in [0.1, 0.15) is 29.0 Å². The highest BCUT2D eigenvalue weighted by molar-refractivity contribution is 5.94. The van der Waals surface area contributed by atoms with Crippen LogP contribution >= 0.6 is 0 Å². The van der Waals surface area contributed by atoms with E-state index in [2.05, 4.69) is 20.6 Å². The van der Waals surface area contributed by atoms with Gasteiger partial charge in [-0.25, -0.2) is 4.68 Å². The van der Waals surface area contributed by atoms with Gasteiger partial charge >= 0.3 is 0 Å². The Bertz CT molecular complexity index is 937. The first-order chi connectivity index (χ1) is 12.7. The molecule has 2 aromatic heterocycles. The number of nitrogens with zero attached hydrogens (tertiary/aromatic N) is 5. The molecule has 3 aromatic rings. The summed E-state index contributed by atoms with van der Waals surface area (Å²) in [7, 11) is 1.97. The Morgan fingerprint density at radius 1 is 1.23 bits per heavy atom. The van der Waals surface area contributed by atoms with Crippen LogP contribution in [0.25, 0.3) is 16.5 Å². The van der Waals surface area contributed by atoms with Crippen molar-refractivity contribution in [2.75, 3.05) is 20.1 Å². The van der Waals surface area contributed by atoms with Crippen LogP contribution in [-0.2, 0) is 0 Å². The maximum Gasteiger partial charge on any atom is 0.276 e. The van der Waals surface area contributed by atoms with Crippen molar-refractivity contribution in [3.63, 3.8) is 0 Å². The number of likely N-dealkylation sites (tertiary alicyclic amines) is 1. The molecule has 1 saturated heterocycles. The lowest BCUT2D eigenvalue weighted by Gasteiger charge is -2.31. The molecule has 0 radical (unpaired) electrons. The zero-order valence-electron chi connectivity index (χ0n) is 15.0. The number of piperidine rings is 1. The van der Waals surface area contributed by atoms with Crippen LogP contribution in [0, 0.1) is 6.92 Å². The quantitative estimate of drug-likeness (QED) is 0.781. The summed E-state index contributed by atoms with van der Waals surface area (Å²) in [6, 6.07) is 8.40. The minimum Gasteiger partial charge on any atom is -0.337 e. The lowest BCUT2D eigenvalue weighted by atomic mass is 10.0. The molecule has 26 heavy (non-hydrogen) atoms. The van der Waals surface area contributed by atoms with Crippen molar-refractivity contribution in [1.82, 2.24) is 30.2 Å². The second-order valence-electron chi connectivity index (χ2n) is 6.66. The van der Waals surface area contributed by atoms with E-state index < -0.39 is 0 Å². The predicted octanol–water partition coefficient (Wildman–Crippen LogP) is 1.95. The second-order valence-corrected chi connectivity index (χ2v) is 6.66. The summed E-state index contributed by atoms with van der Waals surface area (Å²) in [4.78, 5) is 18.9. The summed E-state index contributed by atoms with van der Waals surface area (Å²) in [5.74, 6) is -0.0368. The minimum atomic E-state index is -0.0368. The van der Waals surface area contributed by atoms with E-state index in [0.29, 0.717) is 11.7 Å². The van der Waals surface area contributed by atoms with E-state index >= 15 is 0 Å². The van der Waals surface area contributed by atoms with Crippen LogP contribution in [-0.4, -0.2) is 57.0 Å². The molecule has 134 valence electrons. The van der Waals surface area contributed by atoms with Crippen molar-refractivity contribution in [2.45, 2.75) is 25.8 Å². The summed E-state index contributed by atoms with van der Waals surface area (Å²) < 4.78 is 1.75. The van der Waals surface area contributed by atoms with Gasteiger partial charge in [-0.2, -0.15) is 0 Å². The molecule has 0 unspecified atom stereocenters. The molecule has 1 fully saturated rings. The third-order valence-corrected chi connectivity index (χ3v) is 5.17. The summed E-state index contributed by atoms with van der Waals surface area (Å²) in [5, 5.41) is 13.8. The molecule has 1 N–H and O–H groups in total. The maximum absolute atomic E-state index is 12.9. The van der Waals surface area contributed by atoms with Crippen LogP contribution in [0.15, 0.2) is 36.7 Å². The van der Waals surface area contributed by atoms with E-state index in [-0.39, 0.29) is 5.91 Å². The highest BCUT2D eigenvalue weighted by Gasteiger charge is 2.27. The van der Waals surface area contributed by atoms with Crippen LogP contribution < -0.4 is 5.32 Å². The number of hydrogen-bond donors (Lipinski definition) is 1. The molecule has 3 heterocycles. The number of fused-ring (bicyclic) bond motifs is 1. The number of carbonyl (C=O) groups excluding carboxylic acids is 1. The van der Waals surface area contributed by atoms with E-state index in [1.165, 1.54) is 0 Å². The van der Waals surface area contributed by atoms with Gasteiger partial charge in [0.1, 0.15) is 0 Å². The topological polar surface area (TPSA) is 75.9 Å². The Balaban J connectivity index is 1.65. The van der Waals surface area contributed by atoms with Gasteiger partial charge in [0, 0.05) is 42.3 Å². The summed E-state index contributed by atoms with van der Waals surface area (Å²) >= 11 is 0. The zero-order chi connectivity index (χ0) is 18.1. The van der Waals surface area contributed by atoms with Crippen molar-refractivity contribution in [2.24, 2.45) is 0 Å². The van der Waals surface area contributed by atoms with Gasteiger partial charge in [0.15, 0.2) is 5.69 Å². The molecule has 1 aliphatic rings. The van der Waals surface area contributed by atoms with E-state index in [4.69, 9.17) is 0 Å². The molecule has 0 spiro atoms. The highest BCUT2D eigenvalue weighted by atomic mass is 16.2. The number of rotatable bonds is 3. The molecule has 4 rings (SSSR count). The average Bonchev–Trinajstić information content (AvgIpc) is 3.08. The Morgan fingerprint density at radius 3 is 2.81 bits per heavy atom. The summed E-state index contributed by atoms with van der Waals surface area (Å²) in [6.07, 6.45) is 5.51. The molecule has 7 heteroatoms. The van der Waals surface area contributed by atoms with E-state index in [1.54, 1.807) is 10.9 Å². The Morgan fingerprint density at radius 2 is 2.04 bits per heavy atom. The Labute approximate surface area is 152 Å². The predicted molar refractivity (Wildman–Crippen MR) is 99.4 cm³/mol. The van der Waals surface area contributed by atoms with Crippen LogP contribution in [0.3, 0.4) is 0 Å². The second kappa shape index (κ2) is 6.84. The molecular formula is C19H22N6O. The largest absolute Gasteiger partial charge is 0.337 e. The van der Waals surface area contributed by atoms with Crippen molar-refractivity contribution in [1.29, 1.82) is 0 Å². The minimum absolute atomic E-state index is 0.0368. The number of aromatic nitrogens is 4. The molecule has 0 atom stereocenters. The molecule has 0 bridgehead atoms. The monoisotopic (exact) mass is 350 g/mol. The van der Waals surface area contributed by atoms with Gasteiger partial charge in [-0.3, -0.25) is 9.78 Å². The number of benzene rings is 1. The third kappa shape index (κ3) is 2.84. The van der Waals surface area contributed by atoms with Gasteiger partial charge in [0.25, 0.3) is 5.91 Å². The molecule has 7 nitrogen and oxygen atoms in total. The number of pyridine rings is 1. The lowest BCUT2D eigenvalue weighted by Crippen LogP contribution is -2.44. The van der Waals surface area contributed by atoms with Gasteiger partial charge in [0.2, 0.25) is 0 Å². The third-order valence-electron chi connectivity index (χ3n) is 5.17. The van der Waals surface area contributed by atoms with E-state index in [1.807, 2.05) is 49.3 Å². The van der Waals surface area contributed by atoms with Crippen molar-refractivity contribution in [3.05, 3.63) is 48.0 Å². The van der Waals surface area contributed by atoms with Gasteiger partial charge in [-0.15, -0.1) is 5.10 Å². The fourth-order valence-electron chi connectivity index (χ4n) is 3.57. The smallest absolute Gasteiger partial charge is 0.276 e. The van der Waals surface area contributed by atoms with E-state index in [9.17, 15) is 4.79 Å². The molecule has 1 aromatic carbocycles. The normalized spacial score (nSPS) is 15.5. The highest BCUT2D eigenvalue weighted by Crippen LogP contribution is 2.23. The number of carbonyl (C=O) groups is 1. The fraction of sp³-hybridized carbons (Fsp3) is 0.368. The molecule has 1 aliphatic heterocycles. The number of hydrogen-bond acceptors (Lipinski definition) is 5. The first-order valence-electron chi connectivity index (χ1n) is 8.91. The molecule has 1 amide bonds. The van der Waals surface area contributed by atoms with Gasteiger partial charge < -0.3 is 10.2 Å². The van der Waals surface area contributed by atoms with E-state index in [0.717, 1.165) is 48.1 Å². The van der Waals surface area contributed by atoms with Crippen molar-refractivity contribution >= 4 is 16.7 Å². The molecule has 0 aliphatic carbocycles. The van der Waals surface area contributed by atoms with Crippen LogP contribution in [0.5, 0.6) is 0 Å². The summed E-state index contributed by atoms with van der Waals surface area (Å²) in [6.45, 7) is 3.39. The Hall–Kier alpha value is -2.80. The standard InChI is InChI=1S/C19H22N6O/c1-13-18(19(26)24-10-7-15(20-2)8-11-24)22-23-25(13)17-5-3-4-14-12-21-9-6-16(14)17/h3-6,9,12,15,20H,7-8,10-11H2,1-2H3. The fourth-order valence-corrected chi connectivity index (χ4v) is 3.57. The lowest BCUT2D eigenvalue weighted by molar-refractivity contribution is 0.0700. The SMILES string of the molecule is CNC1CCN(C(=O)c2nnn(-c3cccc4cnccc34)c2C)CC1.